The zero-order valence-electron chi connectivity index (χ0n) is 9.88. The van der Waals surface area contributed by atoms with E-state index in [1.165, 1.54) is 0 Å². The summed E-state index contributed by atoms with van der Waals surface area (Å²) in [5, 5.41) is 1.12. The fraction of sp³-hybridized carbons (Fsp3) is 0.143. The maximum absolute atomic E-state index is 4.62. The van der Waals surface area contributed by atoms with Crippen LogP contribution in [-0.2, 0) is 7.05 Å². The quantitative estimate of drug-likeness (QED) is 0.635. The van der Waals surface area contributed by atoms with E-state index in [1.54, 1.807) is 0 Å². The zero-order valence-corrected chi connectivity index (χ0v) is 9.88. The highest BCUT2D eigenvalue weighted by Crippen LogP contribution is 2.21. The minimum Gasteiger partial charge on any atom is -0.335 e. The summed E-state index contributed by atoms with van der Waals surface area (Å²) in [4.78, 5) is 9.18. The van der Waals surface area contributed by atoms with Crippen LogP contribution in [0.15, 0.2) is 42.6 Å². The highest BCUT2D eigenvalue weighted by molar-refractivity contribution is 5.80. The van der Waals surface area contributed by atoms with Gasteiger partial charge in [0.05, 0.1) is 5.69 Å². The predicted octanol–water partition coefficient (Wildman–Crippen LogP) is 2.94. The van der Waals surface area contributed by atoms with Crippen LogP contribution in [0.3, 0.4) is 0 Å². The van der Waals surface area contributed by atoms with Crippen LogP contribution in [0.2, 0.25) is 0 Å². The van der Waals surface area contributed by atoms with Gasteiger partial charge in [0.25, 0.3) is 0 Å². The monoisotopic (exact) mass is 223 g/mol. The van der Waals surface area contributed by atoms with E-state index < -0.39 is 0 Å². The third-order valence-corrected chi connectivity index (χ3v) is 2.95. The molecule has 0 saturated carbocycles. The van der Waals surface area contributed by atoms with Crippen molar-refractivity contribution in [2.24, 2.45) is 7.05 Å². The molecule has 1 aromatic carbocycles. The number of benzene rings is 1. The van der Waals surface area contributed by atoms with Crippen molar-refractivity contribution in [1.29, 1.82) is 0 Å². The van der Waals surface area contributed by atoms with E-state index in [9.17, 15) is 0 Å². The summed E-state index contributed by atoms with van der Waals surface area (Å²) in [6, 6.07) is 12.1. The van der Waals surface area contributed by atoms with Gasteiger partial charge >= 0.3 is 0 Å². The smallest absolute Gasteiger partial charge is 0.161 e. The molecule has 0 N–H and O–H groups in total. The molecule has 2 heterocycles. The molecule has 3 rings (SSSR count). The molecule has 0 bridgehead atoms. The summed E-state index contributed by atoms with van der Waals surface area (Å²) in [5.74, 6) is 0.789. The van der Waals surface area contributed by atoms with E-state index in [0.717, 1.165) is 28.1 Å². The van der Waals surface area contributed by atoms with Crippen LogP contribution in [0.4, 0.5) is 0 Å². The number of hydrogen-bond donors (Lipinski definition) is 0. The van der Waals surface area contributed by atoms with Crippen molar-refractivity contribution in [3.63, 3.8) is 0 Å². The maximum atomic E-state index is 4.62. The number of fused-ring (bicyclic) bond motifs is 1. The third kappa shape index (κ3) is 1.60. The summed E-state index contributed by atoms with van der Waals surface area (Å²) in [5.41, 5.74) is 3.06. The van der Waals surface area contributed by atoms with E-state index in [0.29, 0.717) is 0 Å². The Morgan fingerprint density at radius 3 is 2.53 bits per heavy atom. The standard InChI is InChI=1S/C14H13N3/c1-10-12-8-9-17(2)14(12)16-13(15-10)11-6-4-3-5-7-11/h3-9H,1-2H3. The molecule has 84 valence electrons. The number of aryl methyl sites for hydroxylation is 2. The van der Waals surface area contributed by atoms with E-state index in [2.05, 4.69) is 16.0 Å². The average molecular weight is 223 g/mol. The molecule has 0 aliphatic heterocycles. The Hall–Kier alpha value is -2.16. The number of rotatable bonds is 1. The van der Waals surface area contributed by atoms with Crippen molar-refractivity contribution in [2.45, 2.75) is 6.92 Å². The van der Waals surface area contributed by atoms with Gasteiger partial charge in [0.1, 0.15) is 5.65 Å². The van der Waals surface area contributed by atoms with Crippen molar-refractivity contribution in [1.82, 2.24) is 14.5 Å². The van der Waals surface area contributed by atoms with Gasteiger partial charge in [-0.15, -0.1) is 0 Å². The summed E-state index contributed by atoms with van der Waals surface area (Å²) >= 11 is 0. The Morgan fingerprint density at radius 1 is 1.00 bits per heavy atom. The lowest BCUT2D eigenvalue weighted by atomic mass is 10.2. The largest absolute Gasteiger partial charge is 0.335 e. The Bertz CT molecular complexity index is 669. The highest BCUT2D eigenvalue weighted by Gasteiger charge is 2.08. The summed E-state index contributed by atoms with van der Waals surface area (Å²) in [6.45, 7) is 2.02. The first-order valence-corrected chi connectivity index (χ1v) is 5.61. The average Bonchev–Trinajstić information content (AvgIpc) is 2.73. The second kappa shape index (κ2) is 3.70. The SMILES string of the molecule is Cc1nc(-c2ccccc2)nc2c1ccn2C. The second-order valence-corrected chi connectivity index (χ2v) is 4.16. The molecule has 0 aliphatic rings. The summed E-state index contributed by atoms with van der Waals surface area (Å²) in [7, 11) is 2.00. The fourth-order valence-corrected chi connectivity index (χ4v) is 2.00. The van der Waals surface area contributed by atoms with Gasteiger partial charge < -0.3 is 4.57 Å². The minimum absolute atomic E-state index is 0.789. The zero-order chi connectivity index (χ0) is 11.8. The van der Waals surface area contributed by atoms with Gasteiger partial charge in [0.2, 0.25) is 0 Å². The van der Waals surface area contributed by atoms with E-state index in [-0.39, 0.29) is 0 Å². The van der Waals surface area contributed by atoms with Crippen molar-refractivity contribution < 1.29 is 0 Å². The third-order valence-electron chi connectivity index (χ3n) is 2.95. The molecular formula is C14H13N3. The lowest BCUT2D eigenvalue weighted by molar-refractivity contribution is 0.943. The first-order valence-electron chi connectivity index (χ1n) is 5.61. The van der Waals surface area contributed by atoms with Gasteiger partial charge in [0.15, 0.2) is 5.82 Å². The number of nitrogens with zero attached hydrogens (tertiary/aromatic N) is 3. The molecule has 0 spiro atoms. The topological polar surface area (TPSA) is 30.7 Å². The maximum Gasteiger partial charge on any atom is 0.161 e. The first-order chi connectivity index (χ1) is 8.25. The van der Waals surface area contributed by atoms with Gasteiger partial charge in [-0.1, -0.05) is 30.3 Å². The van der Waals surface area contributed by atoms with Crippen molar-refractivity contribution >= 4 is 11.0 Å². The van der Waals surface area contributed by atoms with Gasteiger partial charge in [-0.05, 0) is 13.0 Å². The lowest BCUT2D eigenvalue weighted by Gasteiger charge is -2.04. The van der Waals surface area contributed by atoms with Crippen molar-refractivity contribution in [3.8, 4) is 11.4 Å². The molecule has 3 nitrogen and oxygen atoms in total. The Kier molecular flexibility index (Phi) is 2.18. The molecule has 0 amide bonds. The Balaban J connectivity index is 2.28. The van der Waals surface area contributed by atoms with Crippen LogP contribution >= 0.6 is 0 Å². The van der Waals surface area contributed by atoms with Gasteiger partial charge in [-0.25, -0.2) is 9.97 Å². The molecule has 0 saturated heterocycles. The van der Waals surface area contributed by atoms with Gasteiger partial charge in [-0.3, -0.25) is 0 Å². The molecule has 0 radical (unpaired) electrons. The normalized spacial score (nSPS) is 10.9. The molecule has 2 aromatic heterocycles. The predicted molar refractivity (Wildman–Crippen MR) is 68.7 cm³/mol. The molecule has 0 unspecified atom stereocenters. The minimum atomic E-state index is 0.789. The van der Waals surface area contributed by atoms with Crippen molar-refractivity contribution in [3.05, 3.63) is 48.3 Å². The second-order valence-electron chi connectivity index (χ2n) is 4.16. The molecular weight excluding hydrogens is 210 g/mol. The number of hydrogen-bond acceptors (Lipinski definition) is 2. The van der Waals surface area contributed by atoms with Crippen LogP contribution in [0, 0.1) is 6.92 Å². The molecule has 0 atom stereocenters. The Labute approximate surface area is 99.8 Å². The molecule has 3 aromatic rings. The molecule has 3 heteroatoms. The van der Waals surface area contributed by atoms with Crippen LogP contribution in [-0.4, -0.2) is 14.5 Å². The summed E-state index contributed by atoms with van der Waals surface area (Å²) < 4.78 is 2.02. The van der Waals surface area contributed by atoms with Crippen LogP contribution in [0.1, 0.15) is 5.69 Å². The fourth-order valence-electron chi connectivity index (χ4n) is 2.00. The molecule has 0 fully saturated rings. The number of aromatic nitrogens is 3. The van der Waals surface area contributed by atoms with Crippen LogP contribution < -0.4 is 0 Å². The first kappa shape index (κ1) is 10.0. The van der Waals surface area contributed by atoms with E-state index in [4.69, 9.17) is 0 Å². The lowest BCUT2D eigenvalue weighted by Crippen LogP contribution is -1.96. The molecule has 17 heavy (non-hydrogen) atoms. The van der Waals surface area contributed by atoms with E-state index >= 15 is 0 Å². The van der Waals surface area contributed by atoms with E-state index in [1.807, 2.05) is 55.1 Å². The van der Waals surface area contributed by atoms with Gasteiger partial charge in [0, 0.05) is 24.2 Å². The van der Waals surface area contributed by atoms with Crippen LogP contribution in [0.5, 0.6) is 0 Å². The van der Waals surface area contributed by atoms with Crippen LogP contribution in [0.25, 0.3) is 22.4 Å². The Morgan fingerprint density at radius 2 is 1.76 bits per heavy atom. The van der Waals surface area contributed by atoms with Crippen molar-refractivity contribution in [2.75, 3.05) is 0 Å². The van der Waals surface area contributed by atoms with Gasteiger partial charge in [-0.2, -0.15) is 0 Å². The molecule has 0 aliphatic carbocycles. The highest BCUT2D eigenvalue weighted by atomic mass is 15.0. The summed E-state index contributed by atoms with van der Waals surface area (Å²) in [6.07, 6.45) is 2.02.